The van der Waals surface area contributed by atoms with Crippen LogP contribution in [0.2, 0.25) is 0 Å². The van der Waals surface area contributed by atoms with Crippen molar-refractivity contribution in [1.82, 2.24) is 15.4 Å². The molecule has 3 N–H and O–H groups in total. The van der Waals surface area contributed by atoms with Gasteiger partial charge in [0.1, 0.15) is 0 Å². The normalized spacial score (nSPS) is 18.2. The van der Waals surface area contributed by atoms with E-state index in [0.717, 1.165) is 24.9 Å². The maximum Gasteiger partial charge on any atom is 0.240 e. The van der Waals surface area contributed by atoms with Crippen molar-refractivity contribution in [3.05, 3.63) is 29.8 Å². The van der Waals surface area contributed by atoms with Gasteiger partial charge in [-0.05, 0) is 44.4 Å². The average Bonchev–Trinajstić information content (AvgIpc) is 3.19. The highest BCUT2D eigenvalue weighted by Crippen LogP contribution is 2.14. The molecule has 1 aromatic carbocycles. The SMILES string of the molecule is CCNC(=NCc1ccc(S(=O)(=O)NCC2CCCO2)cc1)NC(C)COC.I. The molecule has 1 fully saturated rings. The van der Waals surface area contributed by atoms with E-state index in [1.165, 1.54) is 0 Å². The molecule has 1 aliphatic rings. The van der Waals surface area contributed by atoms with Crippen LogP contribution in [0.1, 0.15) is 32.3 Å². The van der Waals surface area contributed by atoms with E-state index in [-0.39, 0.29) is 41.0 Å². The Labute approximate surface area is 191 Å². The number of ether oxygens (including phenoxy) is 2. The van der Waals surface area contributed by atoms with Gasteiger partial charge in [-0.1, -0.05) is 12.1 Å². The summed E-state index contributed by atoms with van der Waals surface area (Å²) in [6.45, 7) is 6.80. The molecule has 1 aromatic rings. The summed E-state index contributed by atoms with van der Waals surface area (Å²) in [7, 11) is -1.87. The van der Waals surface area contributed by atoms with Gasteiger partial charge in [0.05, 0.1) is 24.2 Å². The number of methoxy groups -OCH3 is 1. The summed E-state index contributed by atoms with van der Waals surface area (Å²) in [4.78, 5) is 4.79. The molecular weight excluding hydrogens is 507 g/mol. The van der Waals surface area contributed by atoms with Crippen LogP contribution in [0.3, 0.4) is 0 Å². The monoisotopic (exact) mass is 540 g/mol. The number of rotatable bonds is 10. The molecule has 0 aromatic heterocycles. The molecule has 2 atom stereocenters. The Kier molecular flexibility index (Phi) is 12.0. The van der Waals surface area contributed by atoms with E-state index in [1.807, 2.05) is 13.8 Å². The van der Waals surface area contributed by atoms with E-state index in [2.05, 4.69) is 20.3 Å². The van der Waals surface area contributed by atoms with Crippen LogP contribution in [0.4, 0.5) is 0 Å². The van der Waals surface area contributed by atoms with E-state index < -0.39 is 10.0 Å². The first-order chi connectivity index (χ1) is 13.4. The zero-order valence-electron chi connectivity index (χ0n) is 17.3. The van der Waals surface area contributed by atoms with Crippen LogP contribution in [0.25, 0.3) is 0 Å². The maximum atomic E-state index is 12.4. The van der Waals surface area contributed by atoms with Crippen LogP contribution in [0, 0.1) is 0 Å². The fraction of sp³-hybridized carbons (Fsp3) is 0.632. The van der Waals surface area contributed by atoms with E-state index in [9.17, 15) is 8.42 Å². The predicted molar refractivity (Wildman–Crippen MR) is 125 cm³/mol. The second-order valence-electron chi connectivity index (χ2n) is 6.83. The highest BCUT2D eigenvalue weighted by Gasteiger charge is 2.20. The van der Waals surface area contributed by atoms with E-state index in [4.69, 9.17) is 9.47 Å². The number of halogens is 1. The van der Waals surface area contributed by atoms with Gasteiger partial charge in [0, 0.05) is 32.8 Å². The average molecular weight is 540 g/mol. The van der Waals surface area contributed by atoms with Gasteiger partial charge in [-0.25, -0.2) is 18.1 Å². The molecule has 29 heavy (non-hydrogen) atoms. The number of guanidine groups is 1. The second-order valence-corrected chi connectivity index (χ2v) is 8.59. The Bertz CT molecular complexity index is 722. The topological polar surface area (TPSA) is 101 Å². The third-order valence-electron chi connectivity index (χ3n) is 4.32. The molecule has 0 amide bonds. The number of sulfonamides is 1. The Morgan fingerprint density at radius 3 is 2.66 bits per heavy atom. The molecule has 0 radical (unpaired) electrons. The third kappa shape index (κ3) is 9.16. The number of aliphatic imine (C=N–C) groups is 1. The minimum Gasteiger partial charge on any atom is -0.383 e. The van der Waals surface area contributed by atoms with Gasteiger partial charge in [0.15, 0.2) is 5.96 Å². The molecular formula is C19H33IN4O4S. The molecule has 2 rings (SSSR count). The minimum absolute atomic E-state index is 0. The van der Waals surface area contributed by atoms with Gasteiger partial charge < -0.3 is 20.1 Å². The molecule has 8 nitrogen and oxygen atoms in total. The maximum absolute atomic E-state index is 12.4. The quantitative estimate of drug-likeness (QED) is 0.238. The van der Waals surface area contributed by atoms with Crippen molar-refractivity contribution in [3.8, 4) is 0 Å². The summed E-state index contributed by atoms with van der Waals surface area (Å²) in [5.74, 6) is 0.696. The molecule has 0 bridgehead atoms. The number of benzene rings is 1. The number of nitrogens with one attached hydrogen (secondary N) is 3. The lowest BCUT2D eigenvalue weighted by Crippen LogP contribution is -2.43. The van der Waals surface area contributed by atoms with Crippen molar-refractivity contribution in [1.29, 1.82) is 0 Å². The summed E-state index contributed by atoms with van der Waals surface area (Å²) in [5.41, 5.74) is 0.926. The van der Waals surface area contributed by atoms with Crippen molar-refractivity contribution in [2.24, 2.45) is 4.99 Å². The Morgan fingerprint density at radius 2 is 2.07 bits per heavy atom. The van der Waals surface area contributed by atoms with Crippen LogP contribution >= 0.6 is 24.0 Å². The van der Waals surface area contributed by atoms with Gasteiger partial charge in [0.25, 0.3) is 0 Å². The molecule has 10 heteroatoms. The lowest BCUT2D eigenvalue weighted by atomic mass is 10.2. The molecule has 0 spiro atoms. The van der Waals surface area contributed by atoms with E-state index >= 15 is 0 Å². The molecule has 1 heterocycles. The highest BCUT2D eigenvalue weighted by atomic mass is 127. The van der Waals surface area contributed by atoms with Crippen LogP contribution < -0.4 is 15.4 Å². The summed E-state index contributed by atoms with van der Waals surface area (Å²) >= 11 is 0. The summed E-state index contributed by atoms with van der Waals surface area (Å²) in [5, 5.41) is 6.45. The van der Waals surface area contributed by atoms with Crippen molar-refractivity contribution >= 4 is 40.0 Å². The number of nitrogens with zero attached hydrogens (tertiary/aromatic N) is 1. The van der Waals surface area contributed by atoms with Gasteiger partial charge in [-0.15, -0.1) is 24.0 Å². The van der Waals surface area contributed by atoms with Crippen LogP contribution in [-0.2, 0) is 26.0 Å². The predicted octanol–water partition coefficient (Wildman–Crippen LogP) is 1.85. The summed E-state index contributed by atoms with van der Waals surface area (Å²) in [6.07, 6.45) is 1.85. The number of hydrogen-bond acceptors (Lipinski definition) is 5. The first-order valence-corrected chi connectivity index (χ1v) is 11.2. The second kappa shape index (κ2) is 13.4. The lowest BCUT2D eigenvalue weighted by Gasteiger charge is -2.17. The van der Waals surface area contributed by atoms with Crippen molar-refractivity contribution < 1.29 is 17.9 Å². The largest absolute Gasteiger partial charge is 0.383 e. The van der Waals surface area contributed by atoms with Gasteiger partial charge in [-0.3, -0.25) is 0 Å². The molecule has 1 aliphatic heterocycles. The van der Waals surface area contributed by atoms with Crippen LogP contribution in [0.15, 0.2) is 34.2 Å². The van der Waals surface area contributed by atoms with Gasteiger partial charge in [-0.2, -0.15) is 0 Å². The van der Waals surface area contributed by atoms with Gasteiger partial charge in [0.2, 0.25) is 10.0 Å². The zero-order valence-corrected chi connectivity index (χ0v) is 20.5. The number of hydrogen-bond donors (Lipinski definition) is 3. The van der Waals surface area contributed by atoms with E-state index in [1.54, 1.807) is 31.4 Å². The van der Waals surface area contributed by atoms with Crippen LogP contribution in [0.5, 0.6) is 0 Å². The fourth-order valence-corrected chi connectivity index (χ4v) is 3.95. The minimum atomic E-state index is -3.53. The van der Waals surface area contributed by atoms with Crippen molar-refractivity contribution in [2.45, 2.75) is 50.3 Å². The molecule has 166 valence electrons. The first-order valence-electron chi connectivity index (χ1n) is 9.68. The Morgan fingerprint density at radius 1 is 1.34 bits per heavy atom. The van der Waals surface area contributed by atoms with E-state index in [0.29, 0.717) is 32.3 Å². The Balaban J connectivity index is 0.00000420. The molecule has 0 aliphatic carbocycles. The third-order valence-corrected chi connectivity index (χ3v) is 5.76. The molecule has 0 saturated carbocycles. The smallest absolute Gasteiger partial charge is 0.240 e. The summed E-state index contributed by atoms with van der Waals surface area (Å²) in [6, 6.07) is 6.91. The highest BCUT2D eigenvalue weighted by molar-refractivity contribution is 14.0. The van der Waals surface area contributed by atoms with Crippen molar-refractivity contribution in [3.63, 3.8) is 0 Å². The van der Waals surface area contributed by atoms with Gasteiger partial charge >= 0.3 is 0 Å². The van der Waals surface area contributed by atoms with Crippen molar-refractivity contribution in [2.75, 3.05) is 33.4 Å². The fourth-order valence-electron chi connectivity index (χ4n) is 2.88. The first kappa shape index (κ1) is 26.1. The molecule has 1 saturated heterocycles. The summed E-state index contributed by atoms with van der Waals surface area (Å²) < 4.78 is 38.0. The zero-order chi connectivity index (χ0) is 20.4. The molecule has 2 unspecified atom stereocenters. The van der Waals surface area contributed by atoms with Crippen LogP contribution in [-0.4, -0.2) is 59.9 Å². The lowest BCUT2D eigenvalue weighted by molar-refractivity contribution is 0.114. The standard InChI is InChI=1S/C19H32N4O4S.HI/c1-4-20-19(23-15(2)14-26-3)21-12-16-7-9-18(10-8-16)28(24,25)22-13-17-6-5-11-27-17;/h7-10,15,17,22H,4-6,11-14H2,1-3H3,(H2,20,21,23);1H. The Hall–Kier alpha value is -0.950.